The smallest absolute Gasteiger partial charge is 0.407 e. The molecule has 150 valence electrons. The van der Waals surface area contributed by atoms with Crippen LogP contribution in [0.25, 0.3) is 0 Å². The van der Waals surface area contributed by atoms with Crippen molar-refractivity contribution in [2.45, 2.75) is 39.2 Å². The number of nitrogens with one attached hydrogen (secondary N) is 1. The minimum Gasteiger partial charge on any atom is -0.465 e. The van der Waals surface area contributed by atoms with Crippen molar-refractivity contribution in [3.05, 3.63) is 21.4 Å². The minimum absolute atomic E-state index is 0.298. The summed E-state index contributed by atoms with van der Waals surface area (Å²) >= 11 is 9.56. The van der Waals surface area contributed by atoms with Crippen molar-refractivity contribution >= 4 is 45.3 Å². The number of alkyl carbamates (subject to hydrolysis) is 1. The molecule has 0 unspecified atom stereocenters. The Labute approximate surface area is 172 Å². The van der Waals surface area contributed by atoms with Crippen molar-refractivity contribution in [3.8, 4) is 0 Å². The van der Waals surface area contributed by atoms with Gasteiger partial charge in [0.2, 0.25) is 0 Å². The summed E-state index contributed by atoms with van der Waals surface area (Å²) in [5, 5.41) is 3.13. The van der Waals surface area contributed by atoms with Crippen LogP contribution in [0.3, 0.4) is 0 Å². The van der Waals surface area contributed by atoms with Crippen LogP contribution < -0.4 is 10.2 Å². The third-order valence-corrected chi connectivity index (χ3v) is 5.49. The zero-order valence-corrected chi connectivity index (χ0v) is 18.3. The molecule has 0 saturated carbocycles. The average molecular weight is 463 g/mol. The lowest BCUT2D eigenvalue weighted by Gasteiger charge is -2.35. The molecule has 1 amide bonds. The molecule has 0 aliphatic carbocycles. The number of halogens is 2. The van der Waals surface area contributed by atoms with Gasteiger partial charge < -0.3 is 19.7 Å². The topological polar surface area (TPSA) is 80.8 Å². The molecule has 2 rings (SSSR count). The highest BCUT2D eigenvalue weighted by molar-refractivity contribution is 9.10. The number of amides is 1. The highest BCUT2D eigenvalue weighted by Gasteiger charge is 2.27. The van der Waals surface area contributed by atoms with Crippen molar-refractivity contribution in [2.24, 2.45) is 5.92 Å². The van der Waals surface area contributed by atoms with Crippen LogP contribution in [0.4, 0.5) is 10.5 Å². The molecule has 2 heterocycles. The Morgan fingerprint density at radius 2 is 2.00 bits per heavy atom. The van der Waals surface area contributed by atoms with Crippen LogP contribution in [0.5, 0.6) is 0 Å². The fourth-order valence-electron chi connectivity index (χ4n) is 2.93. The van der Waals surface area contributed by atoms with Crippen molar-refractivity contribution in [2.75, 3.05) is 31.6 Å². The number of ether oxygens (including phenoxy) is 2. The van der Waals surface area contributed by atoms with E-state index in [4.69, 9.17) is 21.1 Å². The van der Waals surface area contributed by atoms with E-state index in [1.54, 1.807) is 0 Å². The quantitative estimate of drug-likeness (QED) is 0.537. The molecule has 27 heavy (non-hydrogen) atoms. The van der Waals surface area contributed by atoms with Crippen LogP contribution in [0.15, 0.2) is 10.7 Å². The first-order valence-electron chi connectivity index (χ1n) is 8.76. The van der Waals surface area contributed by atoms with Crippen molar-refractivity contribution < 1.29 is 19.1 Å². The van der Waals surface area contributed by atoms with E-state index in [-0.39, 0.29) is 0 Å². The van der Waals surface area contributed by atoms with Gasteiger partial charge in [0.1, 0.15) is 16.3 Å². The molecule has 1 N–H and O–H groups in total. The lowest BCUT2D eigenvalue weighted by Crippen LogP contribution is -2.40. The average Bonchev–Trinajstić information content (AvgIpc) is 2.60. The molecular formula is C18H25BrClN3O4. The number of esters is 1. The van der Waals surface area contributed by atoms with Crippen LogP contribution in [0.1, 0.15) is 44.0 Å². The Morgan fingerprint density at radius 1 is 1.37 bits per heavy atom. The maximum absolute atomic E-state index is 12.1. The molecule has 0 radical (unpaired) electrons. The SMILES string of the molecule is COC(=O)c1cnc(Cl)c(Br)c1N1CCC(CNC(=O)OC(C)(C)C)CC1. The number of hydrogen-bond donors (Lipinski definition) is 1. The second-order valence-corrected chi connectivity index (χ2v) is 8.58. The van der Waals surface area contributed by atoms with Gasteiger partial charge in [-0.1, -0.05) is 11.6 Å². The normalized spacial score (nSPS) is 15.4. The summed E-state index contributed by atoms with van der Waals surface area (Å²) in [7, 11) is 1.34. The number of nitrogens with zero attached hydrogens (tertiary/aromatic N) is 2. The monoisotopic (exact) mass is 461 g/mol. The summed E-state index contributed by atoms with van der Waals surface area (Å²) in [4.78, 5) is 30.0. The summed E-state index contributed by atoms with van der Waals surface area (Å²) in [6.07, 6.45) is 2.76. The van der Waals surface area contributed by atoms with Gasteiger partial charge >= 0.3 is 12.1 Å². The van der Waals surface area contributed by atoms with E-state index in [9.17, 15) is 9.59 Å². The minimum atomic E-state index is -0.509. The zero-order chi connectivity index (χ0) is 20.2. The standard InChI is InChI=1S/C18H25BrClN3O4/c1-18(2,3)27-17(25)22-9-11-5-7-23(8-6-11)14-12(16(24)26-4)10-21-15(20)13(14)19/h10-11H,5-9H2,1-4H3,(H,22,25). The van der Waals surface area contributed by atoms with Gasteiger partial charge in [0.25, 0.3) is 0 Å². The fourth-order valence-corrected chi connectivity index (χ4v) is 3.63. The first kappa shape index (κ1) is 21.8. The number of rotatable bonds is 4. The van der Waals surface area contributed by atoms with Gasteiger partial charge in [-0.2, -0.15) is 0 Å². The van der Waals surface area contributed by atoms with Gasteiger partial charge in [0, 0.05) is 25.8 Å². The molecule has 0 atom stereocenters. The summed E-state index contributed by atoms with van der Waals surface area (Å²) < 4.78 is 10.7. The molecule has 0 bridgehead atoms. The Balaban J connectivity index is 1.99. The number of aromatic nitrogens is 1. The summed E-state index contributed by atoms with van der Waals surface area (Å²) in [5.74, 6) is -0.116. The van der Waals surface area contributed by atoms with Crippen LogP contribution in [0, 0.1) is 5.92 Å². The molecule has 1 fully saturated rings. The lowest BCUT2D eigenvalue weighted by molar-refractivity contribution is 0.0515. The molecule has 1 aliphatic rings. The Kier molecular flexibility index (Phi) is 7.33. The largest absolute Gasteiger partial charge is 0.465 e. The number of pyridine rings is 1. The molecule has 9 heteroatoms. The van der Waals surface area contributed by atoms with E-state index >= 15 is 0 Å². The molecule has 7 nitrogen and oxygen atoms in total. The van der Waals surface area contributed by atoms with E-state index < -0.39 is 17.7 Å². The first-order chi connectivity index (χ1) is 12.6. The Hall–Kier alpha value is -1.54. The number of hydrogen-bond acceptors (Lipinski definition) is 6. The van der Waals surface area contributed by atoms with Crippen LogP contribution in [-0.2, 0) is 9.47 Å². The number of anilines is 1. The molecule has 1 aromatic rings. The predicted molar refractivity (Wildman–Crippen MR) is 107 cm³/mol. The van der Waals surface area contributed by atoms with Crippen LogP contribution >= 0.6 is 27.5 Å². The highest BCUT2D eigenvalue weighted by atomic mass is 79.9. The van der Waals surface area contributed by atoms with E-state index in [2.05, 4.69) is 31.1 Å². The van der Waals surface area contributed by atoms with E-state index in [1.165, 1.54) is 13.3 Å². The maximum Gasteiger partial charge on any atom is 0.407 e. The molecule has 0 aromatic carbocycles. The van der Waals surface area contributed by atoms with Gasteiger partial charge in [-0.05, 0) is 55.5 Å². The Morgan fingerprint density at radius 3 is 2.56 bits per heavy atom. The molecule has 1 aliphatic heterocycles. The molecule has 0 spiro atoms. The van der Waals surface area contributed by atoms with Gasteiger partial charge in [-0.15, -0.1) is 0 Å². The zero-order valence-electron chi connectivity index (χ0n) is 16.0. The molecular weight excluding hydrogens is 438 g/mol. The lowest BCUT2D eigenvalue weighted by atomic mass is 9.96. The third-order valence-electron chi connectivity index (χ3n) is 4.22. The van der Waals surface area contributed by atoms with Crippen molar-refractivity contribution in [3.63, 3.8) is 0 Å². The van der Waals surface area contributed by atoms with E-state index in [0.29, 0.717) is 33.3 Å². The highest BCUT2D eigenvalue weighted by Crippen LogP contribution is 2.37. The summed E-state index contributed by atoms with van der Waals surface area (Å²) in [6.45, 7) is 7.52. The predicted octanol–water partition coefficient (Wildman–Crippen LogP) is 4.03. The number of carbonyl (C=O) groups excluding carboxylic acids is 2. The summed E-state index contributed by atoms with van der Waals surface area (Å²) in [5.41, 5.74) is 0.560. The van der Waals surface area contributed by atoms with Crippen molar-refractivity contribution in [1.29, 1.82) is 0 Å². The maximum atomic E-state index is 12.1. The van der Waals surface area contributed by atoms with E-state index in [0.717, 1.165) is 25.9 Å². The molecule has 1 aromatic heterocycles. The van der Waals surface area contributed by atoms with Gasteiger partial charge in [0.05, 0.1) is 17.3 Å². The van der Waals surface area contributed by atoms with Crippen LogP contribution in [-0.4, -0.2) is 49.4 Å². The second kappa shape index (κ2) is 9.10. The van der Waals surface area contributed by atoms with Crippen LogP contribution in [0.2, 0.25) is 5.15 Å². The first-order valence-corrected chi connectivity index (χ1v) is 9.93. The van der Waals surface area contributed by atoms with Gasteiger partial charge in [-0.25, -0.2) is 14.6 Å². The Bertz CT molecular complexity index is 701. The van der Waals surface area contributed by atoms with Gasteiger partial charge in [-0.3, -0.25) is 0 Å². The van der Waals surface area contributed by atoms with Crippen molar-refractivity contribution in [1.82, 2.24) is 10.3 Å². The number of methoxy groups -OCH3 is 1. The number of piperidine rings is 1. The summed E-state index contributed by atoms with van der Waals surface area (Å²) in [6, 6.07) is 0. The third kappa shape index (κ3) is 5.97. The number of carbonyl (C=O) groups is 2. The second-order valence-electron chi connectivity index (χ2n) is 7.43. The van der Waals surface area contributed by atoms with Gasteiger partial charge in [0.15, 0.2) is 0 Å². The molecule has 1 saturated heterocycles. The fraction of sp³-hybridized carbons (Fsp3) is 0.611. The van der Waals surface area contributed by atoms with E-state index in [1.807, 2.05) is 20.8 Å².